The van der Waals surface area contributed by atoms with Gasteiger partial charge in [0.15, 0.2) is 5.17 Å². The van der Waals surface area contributed by atoms with Gasteiger partial charge >= 0.3 is 0 Å². The van der Waals surface area contributed by atoms with Crippen LogP contribution in [0.25, 0.3) is 6.08 Å². The fourth-order valence-electron chi connectivity index (χ4n) is 5.23. The van der Waals surface area contributed by atoms with Gasteiger partial charge in [-0.1, -0.05) is 97.2 Å². The molecule has 13 heteroatoms. The SMILES string of the molecule is C=C/C=C\C(=C/C)N1C(=O)/C(=C/c2cc(Br)c(OCc3ccc([N+](=O)[O-])cc3)c(Br)c2)C(=O)N=C1SCC(=O)NC(c1ccccc1)c1ccccc1. The third-order valence-corrected chi connectivity index (χ3v) is 9.89. The summed E-state index contributed by atoms with van der Waals surface area (Å²) in [7, 11) is 0. The molecular formula is C40H32Br2N4O6S. The molecule has 0 aromatic heterocycles. The van der Waals surface area contributed by atoms with E-state index in [0.29, 0.717) is 26.0 Å². The highest BCUT2D eigenvalue weighted by atomic mass is 79.9. The number of thioether (sulfide) groups is 1. The minimum absolute atomic E-state index is 0.0199. The van der Waals surface area contributed by atoms with Crippen molar-refractivity contribution in [2.75, 3.05) is 5.75 Å². The average Bonchev–Trinajstić information content (AvgIpc) is 3.16. The average molecular weight is 857 g/mol. The van der Waals surface area contributed by atoms with Crippen molar-refractivity contribution in [3.63, 3.8) is 0 Å². The summed E-state index contributed by atoms with van der Waals surface area (Å²) >= 11 is 8.01. The fraction of sp³-hybridized carbons (Fsp3) is 0.100. The Kier molecular flexibility index (Phi) is 13.5. The van der Waals surface area contributed by atoms with Crippen LogP contribution in [0.5, 0.6) is 5.75 Å². The highest BCUT2D eigenvalue weighted by Crippen LogP contribution is 2.37. The first-order valence-corrected chi connectivity index (χ1v) is 18.7. The molecule has 3 amide bonds. The van der Waals surface area contributed by atoms with Crippen molar-refractivity contribution < 1.29 is 24.0 Å². The van der Waals surface area contributed by atoms with Gasteiger partial charge in [-0.2, -0.15) is 4.99 Å². The zero-order valence-corrected chi connectivity index (χ0v) is 32.3. The van der Waals surface area contributed by atoms with Crippen molar-refractivity contribution in [1.29, 1.82) is 0 Å². The zero-order valence-electron chi connectivity index (χ0n) is 28.3. The van der Waals surface area contributed by atoms with Crippen LogP contribution in [-0.4, -0.2) is 38.5 Å². The largest absolute Gasteiger partial charge is 0.487 e. The lowest BCUT2D eigenvalue weighted by molar-refractivity contribution is -0.384. The molecule has 1 N–H and O–H groups in total. The van der Waals surface area contributed by atoms with Gasteiger partial charge in [0.05, 0.1) is 25.7 Å². The van der Waals surface area contributed by atoms with Crippen LogP contribution in [0.2, 0.25) is 0 Å². The molecule has 5 rings (SSSR count). The topological polar surface area (TPSA) is 131 Å². The van der Waals surface area contributed by atoms with Crippen molar-refractivity contribution in [2.24, 2.45) is 4.99 Å². The number of hydrogen-bond donors (Lipinski definition) is 1. The van der Waals surface area contributed by atoms with Gasteiger partial charge in [0.2, 0.25) is 5.91 Å². The van der Waals surface area contributed by atoms with Gasteiger partial charge in [0.1, 0.15) is 17.9 Å². The maximum atomic E-state index is 14.1. The van der Waals surface area contributed by atoms with Crippen molar-refractivity contribution in [3.8, 4) is 5.75 Å². The number of amidine groups is 1. The molecule has 0 radical (unpaired) electrons. The van der Waals surface area contributed by atoms with E-state index in [1.807, 2.05) is 60.7 Å². The first-order valence-electron chi connectivity index (χ1n) is 16.1. The second-order valence-electron chi connectivity index (χ2n) is 11.3. The van der Waals surface area contributed by atoms with Crippen molar-refractivity contribution in [3.05, 3.63) is 181 Å². The minimum Gasteiger partial charge on any atom is -0.487 e. The number of hydrogen-bond acceptors (Lipinski definition) is 7. The molecule has 4 aromatic rings. The van der Waals surface area contributed by atoms with Crippen molar-refractivity contribution >= 4 is 78.3 Å². The molecule has 0 fully saturated rings. The summed E-state index contributed by atoms with van der Waals surface area (Å²) in [4.78, 5) is 57.1. The van der Waals surface area contributed by atoms with E-state index in [0.717, 1.165) is 28.5 Å². The third kappa shape index (κ3) is 9.95. The van der Waals surface area contributed by atoms with Crippen LogP contribution in [0.3, 0.4) is 0 Å². The number of benzene rings is 4. The molecule has 1 heterocycles. The molecule has 0 atom stereocenters. The minimum atomic E-state index is -0.755. The highest BCUT2D eigenvalue weighted by Gasteiger charge is 2.35. The van der Waals surface area contributed by atoms with E-state index in [9.17, 15) is 24.5 Å². The van der Waals surface area contributed by atoms with Gasteiger partial charge < -0.3 is 10.1 Å². The van der Waals surface area contributed by atoms with E-state index in [-0.39, 0.29) is 34.7 Å². The lowest BCUT2D eigenvalue weighted by atomic mass is 9.99. The van der Waals surface area contributed by atoms with E-state index < -0.39 is 22.8 Å². The number of carbonyl (C=O) groups is 3. The van der Waals surface area contributed by atoms with Gasteiger partial charge in [-0.15, -0.1) is 0 Å². The fourth-order valence-corrected chi connectivity index (χ4v) is 7.49. The maximum Gasteiger partial charge on any atom is 0.285 e. The predicted octanol–water partition coefficient (Wildman–Crippen LogP) is 9.09. The summed E-state index contributed by atoms with van der Waals surface area (Å²) in [6, 6.07) is 28.2. The molecule has 4 aromatic carbocycles. The van der Waals surface area contributed by atoms with Crippen LogP contribution in [-0.2, 0) is 21.0 Å². The van der Waals surface area contributed by atoms with Crippen LogP contribution < -0.4 is 10.1 Å². The maximum absolute atomic E-state index is 14.1. The van der Waals surface area contributed by atoms with Crippen LogP contribution in [0.1, 0.15) is 35.2 Å². The number of non-ortho nitro benzene ring substituents is 1. The number of rotatable bonds is 13. The number of amides is 3. The molecule has 10 nitrogen and oxygen atoms in total. The summed E-state index contributed by atoms with van der Waals surface area (Å²) in [5.74, 6) is -1.35. The number of nitrogens with zero attached hydrogens (tertiary/aromatic N) is 3. The Labute approximate surface area is 327 Å². The van der Waals surface area contributed by atoms with Gasteiger partial charge in [0.25, 0.3) is 17.5 Å². The number of carbonyl (C=O) groups excluding carboxylic acids is 3. The second-order valence-corrected chi connectivity index (χ2v) is 14.0. The lowest BCUT2D eigenvalue weighted by Gasteiger charge is -2.28. The quantitative estimate of drug-likeness (QED) is 0.0467. The van der Waals surface area contributed by atoms with E-state index >= 15 is 0 Å². The Balaban J connectivity index is 1.38. The van der Waals surface area contributed by atoms with E-state index in [1.54, 1.807) is 55.5 Å². The third-order valence-electron chi connectivity index (χ3n) is 7.77. The Hall–Kier alpha value is -5.37. The Morgan fingerprint density at radius 2 is 1.60 bits per heavy atom. The second kappa shape index (κ2) is 18.4. The van der Waals surface area contributed by atoms with Crippen LogP contribution in [0.4, 0.5) is 5.69 Å². The van der Waals surface area contributed by atoms with Gasteiger partial charge in [-0.05, 0) is 97.5 Å². The Morgan fingerprint density at radius 1 is 1.00 bits per heavy atom. The summed E-state index contributed by atoms with van der Waals surface area (Å²) in [6.45, 7) is 5.60. The predicted molar refractivity (Wildman–Crippen MR) is 215 cm³/mol. The Morgan fingerprint density at radius 3 is 2.15 bits per heavy atom. The molecule has 0 aliphatic carbocycles. The Bertz CT molecular complexity index is 2090. The molecule has 0 saturated carbocycles. The highest BCUT2D eigenvalue weighted by molar-refractivity contribution is 9.11. The van der Waals surface area contributed by atoms with E-state index in [1.165, 1.54) is 23.1 Å². The molecule has 0 saturated heterocycles. The standard InChI is InChI=1S/C40H32Br2N4O6S/c1-3-5-16-30(4-2)45-39(49)32(21-27-22-33(41)37(34(42)23-27)52-24-26-17-19-31(20-18-26)46(50)51)38(48)44-40(45)53-25-35(47)43-36(28-12-8-6-9-13-28)29-14-10-7-11-15-29/h3-23,36H,1,24-25H2,2H3,(H,43,47)/b16-5-,30-4+,32-21+. The smallest absolute Gasteiger partial charge is 0.285 e. The van der Waals surface area contributed by atoms with Crippen molar-refractivity contribution in [1.82, 2.24) is 10.2 Å². The number of ether oxygens (including phenoxy) is 1. The first-order chi connectivity index (χ1) is 25.6. The van der Waals surface area contributed by atoms with Crippen molar-refractivity contribution in [2.45, 2.75) is 19.6 Å². The lowest BCUT2D eigenvalue weighted by Crippen LogP contribution is -2.42. The number of allylic oxidation sites excluding steroid dienone is 4. The molecule has 1 aliphatic heterocycles. The number of nitro groups is 1. The summed E-state index contributed by atoms with van der Waals surface area (Å²) < 4.78 is 7.04. The molecular weight excluding hydrogens is 824 g/mol. The summed E-state index contributed by atoms with van der Waals surface area (Å²) in [5, 5.41) is 14.1. The normalized spacial score (nSPS) is 14.1. The van der Waals surface area contributed by atoms with E-state index in [4.69, 9.17) is 4.74 Å². The summed E-state index contributed by atoms with van der Waals surface area (Å²) in [6.07, 6.45) is 8.03. The number of nitrogens with one attached hydrogen (secondary N) is 1. The molecule has 53 heavy (non-hydrogen) atoms. The van der Waals surface area contributed by atoms with Crippen LogP contribution >= 0.6 is 43.6 Å². The molecule has 0 bridgehead atoms. The van der Waals surface area contributed by atoms with Gasteiger partial charge in [-0.3, -0.25) is 29.4 Å². The zero-order chi connectivity index (χ0) is 37.9. The van der Waals surface area contributed by atoms with Crippen LogP contribution in [0, 0.1) is 10.1 Å². The summed E-state index contributed by atoms with van der Waals surface area (Å²) in [5.41, 5.74) is 3.27. The van der Waals surface area contributed by atoms with Gasteiger partial charge in [0, 0.05) is 17.8 Å². The van der Waals surface area contributed by atoms with Gasteiger partial charge in [-0.25, -0.2) is 0 Å². The number of halogens is 2. The number of nitro benzene ring substituents is 1. The molecule has 0 unspecified atom stereocenters. The van der Waals surface area contributed by atoms with E-state index in [2.05, 4.69) is 48.7 Å². The molecule has 0 spiro atoms. The molecule has 268 valence electrons. The monoisotopic (exact) mass is 854 g/mol. The van der Waals surface area contributed by atoms with Crippen LogP contribution in [0.15, 0.2) is 153 Å². The first kappa shape index (κ1) is 38.9. The number of aliphatic imine (C=N–C) groups is 1. The molecule has 1 aliphatic rings.